The molecular formula is C16H16FNO3. The first kappa shape index (κ1) is 15.0. The van der Waals surface area contributed by atoms with Crippen molar-refractivity contribution in [2.45, 2.75) is 12.5 Å². The van der Waals surface area contributed by atoms with Gasteiger partial charge in [-0.15, -0.1) is 0 Å². The van der Waals surface area contributed by atoms with Gasteiger partial charge in [0.15, 0.2) is 0 Å². The molecule has 0 spiro atoms. The van der Waals surface area contributed by atoms with Crippen LogP contribution in [0.4, 0.5) is 4.39 Å². The van der Waals surface area contributed by atoms with E-state index in [9.17, 15) is 14.3 Å². The first-order chi connectivity index (χ1) is 10.1. The van der Waals surface area contributed by atoms with Crippen LogP contribution >= 0.6 is 0 Å². The number of hydrogen-bond donors (Lipinski definition) is 3. The molecule has 0 aliphatic rings. The minimum absolute atomic E-state index is 0.137. The van der Waals surface area contributed by atoms with Crippen molar-refractivity contribution in [1.82, 2.24) is 5.32 Å². The maximum atomic E-state index is 13.5. The van der Waals surface area contributed by atoms with Crippen LogP contribution in [-0.2, 0) is 0 Å². The van der Waals surface area contributed by atoms with Crippen LogP contribution in [-0.4, -0.2) is 22.7 Å². The second-order valence-corrected chi connectivity index (χ2v) is 4.64. The van der Waals surface area contributed by atoms with E-state index in [1.54, 1.807) is 12.1 Å². The number of aliphatic hydroxyl groups excluding tert-OH is 1. The highest BCUT2D eigenvalue weighted by atomic mass is 19.1. The topological polar surface area (TPSA) is 69.6 Å². The molecule has 0 saturated carbocycles. The number of aliphatic hydroxyl groups is 1. The molecule has 2 rings (SSSR count). The van der Waals surface area contributed by atoms with Crippen molar-refractivity contribution in [1.29, 1.82) is 0 Å². The summed E-state index contributed by atoms with van der Waals surface area (Å²) in [6, 6.07) is 12.4. The highest BCUT2D eigenvalue weighted by molar-refractivity contribution is 5.94. The summed E-state index contributed by atoms with van der Waals surface area (Å²) in [5, 5.41) is 21.6. The van der Waals surface area contributed by atoms with Gasteiger partial charge < -0.3 is 15.5 Å². The molecule has 1 atom stereocenters. The number of phenolic OH excluding ortho intramolecular Hbond substituents is 1. The molecular weight excluding hydrogens is 273 g/mol. The summed E-state index contributed by atoms with van der Waals surface area (Å²) in [5.74, 6) is -1.59. The summed E-state index contributed by atoms with van der Waals surface area (Å²) >= 11 is 0. The number of hydrogen-bond acceptors (Lipinski definition) is 3. The molecule has 2 aromatic rings. The predicted molar refractivity (Wildman–Crippen MR) is 76.4 cm³/mol. The van der Waals surface area contributed by atoms with Crippen LogP contribution in [0.15, 0.2) is 48.5 Å². The van der Waals surface area contributed by atoms with E-state index in [0.717, 1.165) is 11.6 Å². The second-order valence-electron chi connectivity index (χ2n) is 4.64. The highest BCUT2D eigenvalue weighted by Crippen LogP contribution is 2.16. The molecule has 0 heterocycles. The van der Waals surface area contributed by atoms with E-state index in [1.807, 2.05) is 18.2 Å². The fourth-order valence-corrected chi connectivity index (χ4v) is 1.95. The van der Waals surface area contributed by atoms with E-state index in [1.165, 1.54) is 12.1 Å². The largest absolute Gasteiger partial charge is 0.508 e. The van der Waals surface area contributed by atoms with Gasteiger partial charge in [0, 0.05) is 12.6 Å². The number of phenols is 1. The fraction of sp³-hybridized carbons (Fsp3) is 0.188. The number of aromatic hydroxyl groups is 1. The Balaban J connectivity index is 1.87. The van der Waals surface area contributed by atoms with E-state index >= 15 is 0 Å². The number of rotatable bonds is 5. The molecule has 2 aromatic carbocycles. The Labute approximate surface area is 121 Å². The molecule has 0 aromatic heterocycles. The van der Waals surface area contributed by atoms with Gasteiger partial charge in [0.25, 0.3) is 5.91 Å². The number of amides is 1. The summed E-state index contributed by atoms with van der Waals surface area (Å²) < 4.78 is 13.5. The summed E-state index contributed by atoms with van der Waals surface area (Å²) in [5.41, 5.74) is 0.629. The Kier molecular flexibility index (Phi) is 4.90. The van der Waals surface area contributed by atoms with Crippen LogP contribution < -0.4 is 5.32 Å². The van der Waals surface area contributed by atoms with Crippen molar-refractivity contribution in [3.8, 4) is 5.75 Å². The summed E-state index contributed by atoms with van der Waals surface area (Å²) in [6.07, 6.45) is -0.355. The Morgan fingerprint density at radius 1 is 1.19 bits per heavy atom. The predicted octanol–water partition coefficient (Wildman–Crippen LogP) is 2.38. The van der Waals surface area contributed by atoms with E-state index < -0.39 is 17.8 Å². The van der Waals surface area contributed by atoms with Gasteiger partial charge in [-0.3, -0.25) is 4.79 Å². The number of halogens is 1. The lowest BCUT2D eigenvalue weighted by Gasteiger charge is -2.12. The van der Waals surface area contributed by atoms with Crippen molar-refractivity contribution >= 4 is 5.91 Å². The Morgan fingerprint density at radius 3 is 2.57 bits per heavy atom. The Bertz CT molecular complexity index is 616. The zero-order chi connectivity index (χ0) is 15.2. The van der Waals surface area contributed by atoms with Crippen LogP contribution in [0.2, 0.25) is 0 Å². The minimum atomic E-state index is -0.781. The molecule has 3 N–H and O–H groups in total. The molecule has 1 amide bonds. The summed E-state index contributed by atoms with van der Waals surface area (Å²) in [4.78, 5) is 11.8. The van der Waals surface area contributed by atoms with Gasteiger partial charge in [0.1, 0.15) is 11.6 Å². The van der Waals surface area contributed by atoms with Crippen LogP contribution in [0.3, 0.4) is 0 Å². The van der Waals surface area contributed by atoms with E-state index in [0.29, 0.717) is 6.42 Å². The quantitative estimate of drug-likeness (QED) is 0.791. The van der Waals surface area contributed by atoms with Crippen LogP contribution in [0, 0.1) is 5.82 Å². The van der Waals surface area contributed by atoms with Crippen molar-refractivity contribution in [3.05, 3.63) is 65.5 Å². The lowest BCUT2D eigenvalue weighted by atomic mass is 10.1. The third-order valence-electron chi connectivity index (χ3n) is 3.08. The molecule has 110 valence electrons. The van der Waals surface area contributed by atoms with Crippen molar-refractivity contribution in [2.75, 3.05) is 6.54 Å². The van der Waals surface area contributed by atoms with Crippen molar-refractivity contribution in [2.24, 2.45) is 0 Å². The fourth-order valence-electron chi connectivity index (χ4n) is 1.95. The van der Waals surface area contributed by atoms with Crippen LogP contribution in [0.25, 0.3) is 0 Å². The average molecular weight is 289 g/mol. The maximum Gasteiger partial charge on any atom is 0.254 e. The normalized spacial score (nSPS) is 11.9. The first-order valence-corrected chi connectivity index (χ1v) is 6.57. The molecule has 21 heavy (non-hydrogen) atoms. The SMILES string of the molecule is O=C(NCCC(O)c1ccccc1)c1ccc(O)cc1F. The van der Waals surface area contributed by atoms with Crippen molar-refractivity contribution < 1.29 is 19.4 Å². The lowest BCUT2D eigenvalue weighted by Crippen LogP contribution is -2.26. The molecule has 4 nitrogen and oxygen atoms in total. The number of benzene rings is 2. The monoisotopic (exact) mass is 289 g/mol. The average Bonchev–Trinajstić information content (AvgIpc) is 2.47. The van der Waals surface area contributed by atoms with Gasteiger partial charge in [0.2, 0.25) is 0 Å². The molecule has 0 aliphatic heterocycles. The number of nitrogens with one attached hydrogen (secondary N) is 1. The standard InChI is InChI=1S/C16H16FNO3/c17-14-10-12(19)6-7-13(14)16(21)18-9-8-15(20)11-4-2-1-3-5-11/h1-7,10,15,19-20H,8-9H2,(H,18,21). The highest BCUT2D eigenvalue weighted by Gasteiger charge is 2.13. The first-order valence-electron chi connectivity index (χ1n) is 6.57. The van der Waals surface area contributed by atoms with Gasteiger partial charge in [-0.05, 0) is 24.1 Å². The van der Waals surface area contributed by atoms with Gasteiger partial charge in [-0.2, -0.15) is 0 Å². The summed E-state index contributed by atoms with van der Waals surface area (Å²) in [6.45, 7) is 0.217. The van der Waals surface area contributed by atoms with Crippen molar-refractivity contribution in [3.63, 3.8) is 0 Å². The second kappa shape index (κ2) is 6.85. The molecule has 5 heteroatoms. The third-order valence-corrected chi connectivity index (χ3v) is 3.08. The molecule has 0 aliphatic carbocycles. The van der Waals surface area contributed by atoms with Gasteiger partial charge in [-0.25, -0.2) is 4.39 Å². The van der Waals surface area contributed by atoms with E-state index in [4.69, 9.17) is 5.11 Å². The van der Waals surface area contributed by atoms with E-state index in [2.05, 4.69) is 5.32 Å². The lowest BCUT2D eigenvalue weighted by molar-refractivity contribution is 0.0938. The number of carbonyl (C=O) groups excluding carboxylic acids is 1. The van der Waals surface area contributed by atoms with E-state index in [-0.39, 0.29) is 17.9 Å². The molecule has 0 saturated heterocycles. The third kappa shape index (κ3) is 4.03. The number of carbonyl (C=O) groups is 1. The maximum absolute atomic E-state index is 13.5. The minimum Gasteiger partial charge on any atom is -0.508 e. The van der Waals surface area contributed by atoms with Gasteiger partial charge >= 0.3 is 0 Å². The van der Waals surface area contributed by atoms with Crippen LogP contribution in [0.1, 0.15) is 28.4 Å². The Morgan fingerprint density at radius 2 is 1.90 bits per heavy atom. The van der Waals surface area contributed by atoms with Gasteiger partial charge in [-0.1, -0.05) is 30.3 Å². The van der Waals surface area contributed by atoms with Crippen LogP contribution in [0.5, 0.6) is 5.75 Å². The molecule has 1 unspecified atom stereocenters. The Hall–Kier alpha value is -2.40. The summed E-state index contributed by atoms with van der Waals surface area (Å²) in [7, 11) is 0. The smallest absolute Gasteiger partial charge is 0.254 e. The molecule has 0 fully saturated rings. The zero-order valence-corrected chi connectivity index (χ0v) is 11.3. The molecule has 0 bridgehead atoms. The zero-order valence-electron chi connectivity index (χ0n) is 11.3. The molecule has 0 radical (unpaired) electrons. The van der Waals surface area contributed by atoms with Gasteiger partial charge in [0.05, 0.1) is 11.7 Å².